The van der Waals surface area contributed by atoms with Crippen LogP contribution < -0.4 is 9.80 Å². The molecule has 4 aromatic rings. The van der Waals surface area contributed by atoms with Gasteiger partial charge in [-0.2, -0.15) is 0 Å². The third kappa shape index (κ3) is 2.75. The quantitative estimate of drug-likeness (QED) is 0.538. The molecule has 9 heteroatoms. The predicted molar refractivity (Wildman–Crippen MR) is 107 cm³/mol. The number of piperazine rings is 1. The van der Waals surface area contributed by atoms with Gasteiger partial charge < -0.3 is 14.4 Å². The molecule has 4 aromatic heterocycles. The van der Waals surface area contributed by atoms with Crippen molar-refractivity contribution >= 4 is 22.8 Å². The minimum Gasteiger partial charge on any atom is -0.353 e. The summed E-state index contributed by atoms with van der Waals surface area (Å²) in [7, 11) is 1.95. The third-order valence-corrected chi connectivity index (χ3v) is 5.17. The molecule has 0 aromatic carbocycles. The van der Waals surface area contributed by atoms with Crippen LogP contribution in [0.2, 0.25) is 0 Å². The summed E-state index contributed by atoms with van der Waals surface area (Å²) in [6, 6.07) is 6.12. The van der Waals surface area contributed by atoms with Gasteiger partial charge in [0, 0.05) is 45.6 Å². The topological polar surface area (TPSA) is 80.8 Å². The second kappa shape index (κ2) is 6.59. The number of fused-ring (bicyclic) bond motifs is 1. The molecular formula is C19H21N9. The first-order valence-electron chi connectivity index (χ1n) is 9.30. The molecule has 5 heterocycles. The lowest BCUT2D eigenvalue weighted by Crippen LogP contribution is -2.47. The fraction of sp³-hybridized carbons (Fsp3) is 0.316. The zero-order valence-corrected chi connectivity index (χ0v) is 15.9. The Kier molecular flexibility index (Phi) is 3.92. The summed E-state index contributed by atoms with van der Waals surface area (Å²) in [6.45, 7) is 5.44. The molecule has 0 saturated carbocycles. The number of anilines is 2. The molecule has 1 fully saturated rings. The summed E-state index contributed by atoms with van der Waals surface area (Å²) in [4.78, 5) is 27.0. The van der Waals surface area contributed by atoms with Crippen molar-refractivity contribution in [3.8, 4) is 5.82 Å². The van der Waals surface area contributed by atoms with Crippen LogP contribution in [0.25, 0.3) is 17.0 Å². The molecule has 1 aliphatic rings. The highest BCUT2D eigenvalue weighted by Gasteiger charge is 2.22. The Morgan fingerprint density at radius 1 is 0.893 bits per heavy atom. The predicted octanol–water partition coefficient (Wildman–Crippen LogP) is 1.58. The Morgan fingerprint density at radius 2 is 1.68 bits per heavy atom. The molecule has 0 radical (unpaired) electrons. The fourth-order valence-corrected chi connectivity index (χ4v) is 3.65. The lowest BCUT2D eigenvalue weighted by atomic mass is 10.3. The molecule has 9 nitrogen and oxygen atoms in total. The van der Waals surface area contributed by atoms with Gasteiger partial charge in [-0.1, -0.05) is 6.07 Å². The van der Waals surface area contributed by atoms with Crippen LogP contribution >= 0.6 is 0 Å². The lowest BCUT2D eigenvalue weighted by Gasteiger charge is -2.36. The van der Waals surface area contributed by atoms with Gasteiger partial charge in [0.05, 0.1) is 6.33 Å². The van der Waals surface area contributed by atoms with Gasteiger partial charge in [0.2, 0.25) is 0 Å². The molecule has 0 bridgehead atoms. The SMILES string of the molecule is Cc1nccn1-c1cccc(N2CCN(c3ncnc4c3ncn4C)CC2)n1. The van der Waals surface area contributed by atoms with Crippen LogP contribution in [0.15, 0.2) is 43.2 Å². The molecule has 1 aliphatic heterocycles. The molecule has 0 atom stereocenters. The summed E-state index contributed by atoms with van der Waals surface area (Å²) >= 11 is 0. The van der Waals surface area contributed by atoms with Crippen LogP contribution in [0.1, 0.15) is 5.82 Å². The van der Waals surface area contributed by atoms with Gasteiger partial charge in [-0.15, -0.1) is 0 Å². The normalized spacial score (nSPS) is 14.8. The Balaban J connectivity index is 1.36. The maximum absolute atomic E-state index is 4.84. The highest BCUT2D eigenvalue weighted by Crippen LogP contribution is 2.23. The Hall–Kier alpha value is -3.49. The van der Waals surface area contributed by atoms with E-state index in [0.29, 0.717) is 0 Å². The van der Waals surface area contributed by atoms with Gasteiger partial charge in [-0.25, -0.2) is 24.9 Å². The monoisotopic (exact) mass is 375 g/mol. The maximum atomic E-state index is 4.84. The van der Waals surface area contributed by atoms with E-state index in [1.807, 2.05) is 41.4 Å². The first-order valence-corrected chi connectivity index (χ1v) is 9.30. The molecular weight excluding hydrogens is 354 g/mol. The second-order valence-corrected chi connectivity index (χ2v) is 6.90. The third-order valence-electron chi connectivity index (χ3n) is 5.17. The van der Waals surface area contributed by atoms with Crippen molar-refractivity contribution in [3.63, 3.8) is 0 Å². The molecule has 0 unspecified atom stereocenters. The molecule has 142 valence electrons. The first kappa shape index (κ1) is 16.7. The van der Waals surface area contributed by atoms with Gasteiger partial charge >= 0.3 is 0 Å². The van der Waals surface area contributed by atoms with Gasteiger partial charge in [0.1, 0.15) is 23.8 Å². The van der Waals surface area contributed by atoms with Crippen LogP contribution in [0.4, 0.5) is 11.6 Å². The standard InChI is InChI=1S/C19H21N9/c1-14-20-6-7-28(14)16-5-3-4-15(24-16)26-8-10-27(11-9-26)19-17-18(21-12-22-19)25(2)13-23-17/h3-7,12-13H,8-11H2,1-2H3. The summed E-state index contributed by atoms with van der Waals surface area (Å²) in [5.41, 5.74) is 1.71. The number of rotatable bonds is 3. The average molecular weight is 375 g/mol. The summed E-state index contributed by atoms with van der Waals surface area (Å²) in [5.74, 6) is 3.70. The zero-order valence-electron chi connectivity index (χ0n) is 15.9. The highest BCUT2D eigenvalue weighted by molar-refractivity contribution is 5.83. The number of nitrogens with zero attached hydrogens (tertiary/aromatic N) is 9. The minimum atomic E-state index is 0.856. The number of hydrogen-bond acceptors (Lipinski definition) is 7. The average Bonchev–Trinajstić information content (AvgIpc) is 3.34. The summed E-state index contributed by atoms with van der Waals surface area (Å²) in [5, 5.41) is 0. The number of pyridine rings is 1. The van der Waals surface area contributed by atoms with E-state index >= 15 is 0 Å². The van der Waals surface area contributed by atoms with Crippen molar-refractivity contribution < 1.29 is 0 Å². The van der Waals surface area contributed by atoms with E-state index < -0.39 is 0 Å². The highest BCUT2D eigenvalue weighted by atomic mass is 15.3. The Labute approximate surface area is 162 Å². The van der Waals surface area contributed by atoms with Crippen LogP contribution in [-0.4, -0.2) is 60.2 Å². The maximum Gasteiger partial charge on any atom is 0.165 e. The van der Waals surface area contributed by atoms with Gasteiger partial charge in [-0.3, -0.25) is 4.57 Å². The van der Waals surface area contributed by atoms with Crippen molar-refractivity contribution in [2.45, 2.75) is 6.92 Å². The first-order chi connectivity index (χ1) is 13.7. The van der Waals surface area contributed by atoms with Crippen molar-refractivity contribution in [1.82, 2.24) is 34.1 Å². The zero-order chi connectivity index (χ0) is 19.1. The van der Waals surface area contributed by atoms with Crippen molar-refractivity contribution in [3.05, 3.63) is 49.1 Å². The van der Waals surface area contributed by atoms with Crippen LogP contribution in [-0.2, 0) is 7.05 Å². The van der Waals surface area contributed by atoms with Crippen molar-refractivity contribution in [2.75, 3.05) is 36.0 Å². The number of aromatic nitrogens is 7. The summed E-state index contributed by atoms with van der Waals surface area (Å²) in [6.07, 6.45) is 7.13. The fourth-order valence-electron chi connectivity index (χ4n) is 3.65. The van der Waals surface area contributed by atoms with Gasteiger partial charge in [0.25, 0.3) is 0 Å². The smallest absolute Gasteiger partial charge is 0.165 e. The number of aryl methyl sites for hydroxylation is 2. The van der Waals surface area contributed by atoms with E-state index in [0.717, 1.165) is 60.6 Å². The molecule has 0 spiro atoms. The van der Waals surface area contributed by atoms with E-state index in [9.17, 15) is 0 Å². The number of imidazole rings is 2. The Bertz CT molecular complexity index is 1120. The van der Waals surface area contributed by atoms with E-state index in [2.05, 4.69) is 35.8 Å². The van der Waals surface area contributed by atoms with Crippen molar-refractivity contribution in [2.24, 2.45) is 7.05 Å². The molecule has 0 amide bonds. The second-order valence-electron chi connectivity index (χ2n) is 6.90. The van der Waals surface area contributed by atoms with Crippen LogP contribution in [0.3, 0.4) is 0 Å². The van der Waals surface area contributed by atoms with E-state index in [1.54, 1.807) is 18.9 Å². The molecule has 0 N–H and O–H groups in total. The molecule has 0 aliphatic carbocycles. The minimum absolute atomic E-state index is 0.856. The summed E-state index contributed by atoms with van der Waals surface area (Å²) < 4.78 is 3.92. The van der Waals surface area contributed by atoms with Crippen LogP contribution in [0, 0.1) is 6.92 Å². The van der Waals surface area contributed by atoms with Gasteiger partial charge in [0.15, 0.2) is 17.0 Å². The van der Waals surface area contributed by atoms with Crippen molar-refractivity contribution in [1.29, 1.82) is 0 Å². The van der Waals surface area contributed by atoms with Crippen LogP contribution in [0.5, 0.6) is 0 Å². The van der Waals surface area contributed by atoms with E-state index in [4.69, 9.17) is 4.98 Å². The Morgan fingerprint density at radius 3 is 2.46 bits per heavy atom. The molecule has 1 saturated heterocycles. The largest absolute Gasteiger partial charge is 0.353 e. The molecule has 28 heavy (non-hydrogen) atoms. The lowest BCUT2D eigenvalue weighted by molar-refractivity contribution is 0.642. The molecule has 5 rings (SSSR count). The van der Waals surface area contributed by atoms with E-state index in [1.165, 1.54) is 0 Å². The number of hydrogen-bond donors (Lipinski definition) is 0. The van der Waals surface area contributed by atoms with Gasteiger partial charge in [-0.05, 0) is 19.1 Å². The van der Waals surface area contributed by atoms with E-state index in [-0.39, 0.29) is 0 Å².